The zero-order valence-electron chi connectivity index (χ0n) is 16.0. The maximum atomic E-state index is 12.6. The third kappa shape index (κ3) is 4.51. The highest BCUT2D eigenvalue weighted by molar-refractivity contribution is 6.31. The number of nitrogens with one attached hydrogen (secondary N) is 1. The summed E-state index contributed by atoms with van der Waals surface area (Å²) in [7, 11) is 3.60. The maximum Gasteiger partial charge on any atom is 0.228 e. The van der Waals surface area contributed by atoms with Crippen LogP contribution >= 0.6 is 11.6 Å². The Labute approximate surface area is 169 Å². The Morgan fingerprint density at radius 3 is 2.54 bits per heavy atom. The zero-order chi connectivity index (χ0) is 20.1. The minimum absolute atomic E-state index is 0.174. The van der Waals surface area contributed by atoms with Crippen molar-refractivity contribution in [3.05, 3.63) is 69.9 Å². The lowest BCUT2D eigenvalue weighted by Crippen LogP contribution is -2.29. The van der Waals surface area contributed by atoms with Crippen LogP contribution in [0.1, 0.15) is 24.0 Å². The quantitative estimate of drug-likeness (QED) is 0.592. The van der Waals surface area contributed by atoms with Gasteiger partial charge >= 0.3 is 0 Å². The summed E-state index contributed by atoms with van der Waals surface area (Å²) in [6.07, 6.45) is 1.81. The summed E-state index contributed by atoms with van der Waals surface area (Å²) in [4.78, 5) is 16.8. The van der Waals surface area contributed by atoms with E-state index in [1.54, 1.807) is 24.1 Å². The smallest absolute Gasteiger partial charge is 0.228 e. The Morgan fingerprint density at radius 1 is 1.21 bits per heavy atom. The number of hydroxylamine groups is 1. The first-order valence-electron chi connectivity index (χ1n) is 9.16. The molecule has 1 N–H and O–H groups in total. The van der Waals surface area contributed by atoms with E-state index in [-0.39, 0.29) is 6.54 Å². The van der Waals surface area contributed by atoms with E-state index >= 15 is 0 Å². The summed E-state index contributed by atoms with van der Waals surface area (Å²) in [6, 6.07) is 15.0. The van der Waals surface area contributed by atoms with E-state index in [0.29, 0.717) is 22.5 Å². The predicted octanol–water partition coefficient (Wildman–Crippen LogP) is 3.19. The Balaban J connectivity index is 0.000000271. The molecule has 0 radical (unpaired) electrons. The molecule has 0 saturated carbocycles. The Bertz CT molecular complexity index is 925. The number of rotatable bonds is 1. The number of benzene rings is 2. The molecule has 2 aliphatic rings. The highest BCUT2D eigenvalue weighted by Crippen LogP contribution is 2.28. The van der Waals surface area contributed by atoms with Gasteiger partial charge < -0.3 is 15.4 Å². The molecule has 2 aliphatic heterocycles. The molecule has 1 amide bonds. The minimum atomic E-state index is 0.174. The van der Waals surface area contributed by atoms with Crippen molar-refractivity contribution in [3.63, 3.8) is 0 Å². The molecule has 0 aliphatic carbocycles. The van der Waals surface area contributed by atoms with Gasteiger partial charge in [0.1, 0.15) is 0 Å². The van der Waals surface area contributed by atoms with Crippen molar-refractivity contribution in [1.82, 2.24) is 10.2 Å². The van der Waals surface area contributed by atoms with Crippen molar-refractivity contribution in [2.24, 2.45) is 4.99 Å². The fourth-order valence-corrected chi connectivity index (χ4v) is 3.31. The molecule has 0 spiro atoms. The summed E-state index contributed by atoms with van der Waals surface area (Å²) in [5.41, 5.74) is 2.92. The minimum Gasteiger partial charge on any atom is -0.623 e. The molecule has 28 heavy (non-hydrogen) atoms. The molecule has 146 valence electrons. The van der Waals surface area contributed by atoms with Crippen molar-refractivity contribution in [3.8, 4) is 0 Å². The molecule has 4 rings (SSSR count). The molecule has 1 saturated heterocycles. The lowest BCUT2D eigenvalue weighted by atomic mass is 10.0. The van der Waals surface area contributed by atoms with Crippen LogP contribution in [0.5, 0.6) is 0 Å². The van der Waals surface area contributed by atoms with Crippen LogP contribution in [0.15, 0.2) is 53.5 Å². The van der Waals surface area contributed by atoms with Crippen molar-refractivity contribution in [2.75, 3.05) is 27.2 Å². The number of carbonyl (C=O) groups excluding carboxylic acids is 1. The van der Waals surface area contributed by atoms with Crippen molar-refractivity contribution in [2.45, 2.75) is 12.8 Å². The number of nitrogens with zero attached hydrogens (tertiary/aromatic N) is 3. The molecule has 7 heteroatoms. The second-order valence-electron chi connectivity index (χ2n) is 6.64. The third-order valence-corrected chi connectivity index (χ3v) is 4.89. The molecule has 0 atom stereocenters. The number of hydrogen-bond acceptors (Lipinski definition) is 4. The van der Waals surface area contributed by atoms with Gasteiger partial charge in [0.05, 0.1) is 11.3 Å². The molecular formula is C21H23ClN4O2. The van der Waals surface area contributed by atoms with Crippen molar-refractivity contribution in [1.29, 1.82) is 0 Å². The van der Waals surface area contributed by atoms with Gasteiger partial charge in [-0.15, -0.1) is 0 Å². The van der Waals surface area contributed by atoms with E-state index in [9.17, 15) is 10.0 Å². The third-order valence-electron chi connectivity index (χ3n) is 4.66. The summed E-state index contributed by atoms with van der Waals surface area (Å²) in [5, 5.41) is 16.1. The van der Waals surface area contributed by atoms with Crippen LogP contribution in [0.25, 0.3) is 0 Å². The number of likely N-dealkylation sites (tertiary alicyclic amines) is 1. The average molecular weight is 399 g/mol. The van der Waals surface area contributed by atoms with Crippen LogP contribution in [-0.4, -0.2) is 54.3 Å². The van der Waals surface area contributed by atoms with Crippen LogP contribution < -0.4 is 5.32 Å². The van der Waals surface area contributed by atoms with Gasteiger partial charge in [-0.05, 0) is 36.8 Å². The highest BCUT2D eigenvalue weighted by atomic mass is 35.5. The maximum absolute atomic E-state index is 12.6. The molecule has 2 aromatic carbocycles. The lowest BCUT2D eigenvalue weighted by molar-refractivity contribution is -0.439. The Hall–Kier alpha value is -2.86. The standard InChI is InChI=1S/C16H14ClN3O.C5H9NO/c1-18-15-10-20(21)16(11-5-3-2-4-6-11)13-9-12(17)7-8-14(13)19-15;1-6-4-2-3-5(6)7/h2-9H,10H2,1H3,(H,18,19);2-4H2,1H3. The van der Waals surface area contributed by atoms with Gasteiger partial charge in [-0.25, -0.2) is 4.99 Å². The summed E-state index contributed by atoms with van der Waals surface area (Å²) >= 11 is 6.10. The molecule has 0 bridgehead atoms. The van der Waals surface area contributed by atoms with Gasteiger partial charge in [0, 0.05) is 37.6 Å². The summed E-state index contributed by atoms with van der Waals surface area (Å²) < 4.78 is 0.951. The van der Waals surface area contributed by atoms with E-state index in [2.05, 4.69) is 10.3 Å². The fourth-order valence-electron chi connectivity index (χ4n) is 3.14. The number of likely N-dealkylation sites (N-methyl/N-ethyl adjacent to an activating group) is 1. The number of carbonyl (C=O) groups is 1. The van der Waals surface area contributed by atoms with Gasteiger partial charge in [0.15, 0.2) is 5.84 Å². The summed E-state index contributed by atoms with van der Waals surface area (Å²) in [5.74, 6) is 0.916. The molecular weight excluding hydrogens is 376 g/mol. The number of aliphatic imine (C=N–C) groups is 1. The SMILES string of the molecule is CN1CCCC1=O.CNC1=Nc2ccc(Cl)cc2C(c2ccccc2)=[N+]([O-])C1. The number of halogens is 1. The first-order valence-corrected chi connectivity index (χ1v) is 9.53. The van der Waals surface area contributed by atoms with E-state index in [4.69, 9.17) is 11.6 Å². The molecule has 2 heterocycles. The monoisotopic (exact) mass is 398 g/mol. The Kier molecular flexibility index (Phi) is 6.31. The number of fused-ring (bicyclic) bond motifs is 1. The fraction of sp³-hybridized carbons (Fsp3) is 0.286. The normalized spacial score (nSPS) is 16.0. The van der Waals surface area contributed by atoms with Gasteiger partial charge in [-0.3, -0.25) is 4.79 Å². The van der Waals surface area contributed by atoms with Crippen LogP contribution in [0.2, 0.25) is 5.02 Å². The zero-order valence-corrected chi connectivity index (χ0v) is 16.7. The molecule has 0 unspecified atom stereocenters. The van der Waals surface area contributed by atoms with E-state index in [1.807, 2.05) is 43.4 Å². The van der Waals surface area contributed by atoms with Gasteiger partial charge in [-0.1, -0.05) is 29.8 Å². The molecule has 2 aromatic rings. The number of amidine groups is 1. The Morgan fingerprint density at radius 2 is 1.96 bits per heavy atom. The first kappa shape index (κ1) is 19.9. The second kappa shape index (κ2) is 8.89. The first-order chi connectivity index (χ1) is 13.5. The lowest BCUT2D eigenvalue weighted by Gasteiger charge is -2.10. The van der Waals surface area contributed by atoms with E-state index in [0.717, 1.165) is 40.9 Å². The highest BCUT2D eigenvalue weighted by Gasteiger charge is 2.24. The van der Waals surface area contributed by atoms with E-state index < -0.39 is 0 Å². The molecule has 6 nitrogen and oxygen atoms in total. The predicted molar refractivity (Wildman–Crippen MR) is 113 cm³/mol. The average Bonchev–Trinajstić information content (AvgIpc) is 3.00. The molecule has 0 aromatic heterocycles. The number of hydrogen-bond donors (Lipinski definition) is 1. The van der Waals surface area contributed by atoms with E-state index in [1.165, 1.54) is 0 Å². The van der Waals surface area contributed by atoms with Crippen LogP contribution in [0, 0.1) is 5.21 Å². The van der Waals surface area contributed by atoms with Gasteiger partial charge in [-0.2, -0.15) is 4.74 Å². The van der Waals surface area contributed by atoms with Crippen molar-refractivity contribution < 1.29 is 9.53 Å². The van der Waals surface area contributed by atoms with Crippen LogP contribution in [0.3, 0.4) is 0 Å². The topological polar surface area (TPSA) is 70.8 Å². The van der Waals surface area contributed by atoms with Crippen LogP contribution in [-0.2, 0) is 4.79 Å². The van der Waals surface area contributed by atoms with Crippen molar-refractivity contribution >= 4 is 34.7 Å². The summed E-state index contributed by atoms with van der Waals surface area (Å²) in [6.45, 7) is 1.13. The second-order valence-corrected chi connectivity index (χ2v) is 7.08. The van der Waals surface area contributed by atoms with Crippen LogP contribution in [0.4, 0.5) is 5.69 Å². The van der Waals surface area contributed by atoms with Gasteiger partial charge in [0.2, 0.25) is 18.2 Å². The number of amides is 1. The molecule has 1 fully saturated rings. The largest absolute Gasteiger partial charge is 0.623 e. The van der Waals surface area contributed by atoms with Gasteiger partial charge in [0.25, 0.3) is 0 Å².